The Hall–Kier alpha value is -1.23. The Labute approximate surface area is 67.9 Å². The average Bonchev–Trinajstić information content (AvgIpc) is 2.06. The van der Waals surface area contributed by atoms with Crippen LogP contribution in [-0.2, 0) is 6.42 Å². The fourth-order valence-corrected chi connectivity index (χ4v) is 1.06. The van der Waals surface area contributed by atoms with Crippen molar-refractivity contribution in [1.82, 2.24) is 0 Å². The minimum absolute atomic E-state index is 0.501. The number of hydrogen-bond acceptors (Lipinski definition) is 1. The predicted octanol–water partition coefficient (Wildman–Crippen LogP) is 1.13. The number of nitrogens with zero attached hydrogens (tertiary/aromatic N) is 1. The molecule has 0 saturated carbocycles. The van der Waals surface area contributed by atoms with Crippen LogP contribution in [0, 0.1) is 11.3 Å². The fraction of sp³-hybridized carbons (Fsp3) is 0.222. The molecule has 0 saturated heterocycles. The van der Waals surface area contributed by atoms with Gasteiger partial charge in [0.15, 0.2) is 0 Å². The second-order valence-corrected chi connectivity index (χ2v) is 2.32. The van der Waals surface area contributed by atoms with Crippen molar-refractivity contribution in [3.05, 3.63) is 29.8 Å². The SMILES string of the molecule is C[B]c1ccccc1CC#N. The van der Waals surface area contributed by atoms with Crippen molar-refractivity contribution in [2.45, 2.75) is 13.2 Å². The Balaban J connectivity index is 2.94. The Bertz CT molecular complexity index is 275. The molecule has 0 unspecified atom stereocenters. The van der Waals surface area contributed by atoms with Gasteiger partial charge >= 0.3 is 0 Å². The third-order valence-corrected chi connectivity index (χ3v) is 1.64. The molecule has 0 aromatic heterocycles. The van der Waals surface area contributed by atoms with E-state index in [0.717, 1.165) is 11.0 Å². The van der Waals surface area contributed by atoms with Crippen molar-refractivity contribution >= 4 is 12.7 Å². The molecular formula is C9H9BN. The lowest BCUT2D eigenvalue weighted by molar-refractivity contribution is 1.28. The summed E-state index contributed by atoms with van der Waals surface area (Å²) in [5, 5.41) is 8.48. The van der Waals surface area contributed by atoms with Gasteiger partial charge in [0.25, 0.3) is 0 Å². The molecule has 0 aliphatic rings. The molecular weight excluding hydrogens is 133 g/mol. The summed E-state index contributed by atoms with van der Waals surface area (Å²) in [6, 6.07) is 10.1. The van der Waals surface area contributed by atoms with Crippen LogP contribution >= 0.6 is 0 Å². The van der Waals surface area contributed by atoms with Gasteiger partial charge in [0.1, 0.15) is 7.28 Å². The second kappa shape index (κ2) is 3.83. The van der Waals surface area contributed by atoms with E-state index < -0.39 is 0 Å². The fourth-order valence-electron chi connectivity index (χ4n) is 1.06. The number of nitriles is 1. The molecule has 11 heavy (non-hydrogen) atoms. The number of rotatable bonds is 2. The van der Waals surface area contributed by atoms with Gasteiger partial charge in [0.05, 0.1) is 12.5 Å². The highest BCUT2D eigenvalue weighted by Crippen LogP contribution is 1.95. The Morgan fingerprint density at radius 3 is 2.82 bits per heavy atom. The maximum atomic E-state index is 8.48. The maximum Gasteiger partial charge on any atom is 0.148 e. The molecule has 0 spiro atoms. The summed E-state index contributed by atoms with van der Waals surface area (Å²) < 4.78 is 0. The van der Waals surface area contributed by atoms with Crippen molar-refractivity contribution < 1.29 is 0 Å². The summed E-state index contributed by atoms with van der Waals surface area (Å²) in [5.74, 6) is 0. The first kappa shape index (κ1) is 7.88. The van der Waals surface area contributed by atoms with E-state index in [2.05, 4.69) is 6.07 Å². The van der Waals surface area contributed by atoms with E-state index in [-0.39, 0.29) is 0 Å². The van der Waals surface area contributed by atoms with Crippen LogP contribution in [0.1, 0.15) is 5.56 Å². The molecule has 0 amide bonds. The van der Waals surface area contributed by atoms with Gasteiger partial charge in [-0.1, -0.05) is 36.6 Å². The lowest BCUT2D eigenvalue weighted by atomic mass is 9.70. The molecule has 0 aliphatic carbocycles. The van der Waals surface area contributed by atoms with Gasteiger partial charge in [0.2, 0.25) is 0 Å². The highest BCUT2D eigenvalue weighted by molar-refractivity contribution is 6.52. The van der Waals surface area contributed by atoms with Crippen molar-refractivity contribution in [3.63, 3.8) is 0 Å². The number of benzene rings is 1. The lowest BCUT2D eigenvalue weighted by Crippen LogP contribution is -2.15. The summed E-state index contributed by atoms with van der Waals surface area (Å²) in [6.45, 7) is 1.98. The van der Waals surface area contributed by atoms with Gasteiger partial charge in [-0.15, -0.1) is 0 Å². The van der Waals surface area contributed by atoms with E-state index in [1.807, 2.05) is 38.4 Å². The normalized spacial score (nSPS) is 8.73. The lowest BCUT2D eigenvalue weighted by Gasteiger charge is -2.00. The Morgan fingerprint density at radius 1 is 1.45 bits per heavy atom. The average molecular weight is 142 g/mol. The zero-order chi connectivity index (χ0) is 8.10. The van der Waals surface area contributed by atoms with Crippen LogP contribution in [0.15, 0.2) is 24.3 Å². The zero-order valence-corrected chi connectivity index (χ0v) is 6.54. The molecule has 1 nitrogen and oxygen atoms in total. The van der Waals surface area contributed by atoms with Crippen LogP contribution in [0.4, 0.5) is 0 Å². The summed E-state index contributed by atoms with van der Waals surface area (Å²) in [6.07, 6.45) is 0.501. The molecule has 1 aromatic rings. The van der Waals surface area contributed by atoms with Crippen molar-refractivity contribution in [2.24, 2.45) is 0 Å². The van der Waals surface area contributed by atoms with Crippen molar-refractivity contribution in [1.29, 1.82) is 5.26 Å². The van der Waals surface area contributed by atoms with Crippen LogP contribution < -0.4 is 5.46 Å². The third-order valence-electron chi connectivity index (χ3n) is 1.64. The topological polar surface area (TPSA) is 23.8 Å². The van der Waals surface area contributed by atoms with Crippen molar-refractivity contribution in [2.75, 3.05) is 0 Å². The zero-order valence-electron chi connectivity index (χ0n) is 6.54. The van der Waals surface area contributed by atoms with Crippen LogP contribution in [0.25, 0.3) is 0 Å². The van der Waals surface area contributed by atoms with E-state index in [9.17, 15) is 0 Å². The summed E-state index contributed by atoms with van der Waals surface area (Å²) in [5.41, 5.74) is 2.27. The molecule has 1 rings (SSSR count). The molecule has 0 bridgehead atoms. The minimum Gasteiger partial charge on any atom is -0.198 e. The van der Waals surface area contributed by atoms with Gasteiger partial charge in [0, 0.05) is 0 Å². The first-order valence-corrected chi connectivity index (χ1v) is 3.62. The quantitative estimate of drug-likeness (QED) is 0.567. The van der Waals surface area contributed by atoms with Gasteiger partial charge in [-0.05, 0) is 5.56 Å². The van der Waals surface area contributed by atoms with Crippen molar-refractivity contribution in [3.8, 4) is 6.07 Å². The van der Waals surface area contributed by atoms with E-state index >= 15 is 0 Å². The molecule has 0 atom stereocenters. The van der Waals surface area contributed by atoms with Crippen LogP contribution in [0.5, 0.6) is 0 Å². The highest BCUT2D eigenvalue weighted by Gasteiger charge is 1.97. The van der Waals surface area contributed by atoms with E-state index in [1.165, 1.54) is 0 Å². The van der Waals surface area contributed by atoms with E-state index in [4.69, 9.17) is 5.26 Å². The summed E-state index contributed by atoms with van der Waals surface area (Å²) in [7, 11) is 2.02. The number of hydrogen-bond donors (Lipinski definition) is 0. The molecule has 0 heterocycles. The van der Waals surface area contributed by atoms with Gasteiger partial charge in [-0.2, -0.15) is 5.26 Å². The first-order valence-electron chi connectivity index (χ1n) is 3.62. The minimum atomic E-state index is 0.501. The molecule has 0 N–H and O–H groups in total. The van der Waals surface area contributed by atoms with Gasteiger partial charge < -0.3 is 0 Å². The Morgan fingerprint density at radius 2 is 2.18 bits per heavy atom. The third kappa shape index (κ3) is 1.85. The van der Waals surface area contributed by atoms with Crippen LogP contribution in [0.3, 0.4) is 0 Å². The molecule has 1 radical (unpaired) electrons. The maximum absolute atomic E-state index is 8.48. The van der Waals surface area contributed by atoms with Crippen LogP contribution in [-0.4, -0.2) is 7.28 Å². The van der Waals surface area contributed by atoms with Gasteiger partial charge in [-0.25, -0.2) is 0 Å². The van der Waals surface area contributed by atoms with E-state index in [1.54, 1.807) is 0 Å². The Kier molecular flexibility index (Phi) is 2.74. The monoisotopic (exact) mass is 142 g/mol. The van der Waals surface area contributed by atoms with E-state index in [0.29, 0.717) is 6.42 Å². The standard InChI is InChI=1S/C9H9BN/c1-10-9-5-3-2-4-8(9)6-7-11/h2-5H,6H2,1H3. The highest BCUT2D eigenvalue weighted by atomic mass is 14.2. The molecule has 1 aromatic carbocycles. The van der Waals surface area contributed by atoms with Crippen LogP contribution in [0.2, 0.25) is 6.82 Å². The second-order valence-electron chi connectivity index (χ2n) is 2.32. The molecule has 0 aliphatic heterocycles. The van der Waals surface area contributed by atoms with Gasteiger partial charge in [-0.3, -0.25) is 0 Å². The summed E-state index contributed by atoms with van der Waals surface area (Å²) >= 11 is 0. The largest absolute Gasteiger partial charge is 0.198 e. The molecule has 0 fully saturated rings. The first-order chi connectivity index (χ1) is 5.38. The summed E-state index contributed by atoms with van der Waals surface area (Å²) in [4.78, 5) is 0. The smallest absolute Gasteiger partial charge is 0.148 e. The molecule has 2 heteroatoms. The molecule has 53 valence electrons. The predicted molar refractivity (Wildman–Crippen MR) is 47.0 cm³/mol.